The van der Waals surface area contributed by atoms with Crippen LogP contribution in [0, 0.1) is 5.41 Å². The second-order valence-corrected chi connectivity index (χ2v) is 6.48. The Hall–Kier alpha value is -0.820. The van der Waals surface area contributed by atoms with Crippen molar-refractivity contribution in [1.82, 2.24) is 5.32 Å². The van der Waals surface area contributed by atoms with Gasteiger partial charge in [-0.05, 0) is 36.8 Å². The lowest BCUT2D eigenvalue weighted by molar-refractivity contribution is 0.360. The zero-order chi connectivity index (χ0) is 12.3. The molecule has 2 atom stereocenters. The molecule has 1 nitrogen and oxygen atoms in total. The van der Waals surface area contributed by atoms with Crippen molar-refractivity contribution in [3.8, 4) is 0 Å². The standard InChI is InChI=1S/C16H25N/c1-16(2,3)10-7-11-17-15-12-14(15)13-8-5-4-6-9-13/h4-6,8-9,14-15,17H,7,10-12H2,1-3H3/t14-,15?/m0/s1. The SMILES string of the molecule is CC(C)(C)CCCNC1C[C@H]1c1ccccc1. The number of hydrogen-bond donors (Lipinski definition) is 1. The molecule has 1 aliphatic rings. The lowest BCUT2D eigenvalue weighted by Gasteiger charge is -2.17. The van der Waals surface area contributed by atoms with E-state index in [0.717, 1.165) is 12.0 Å². The zero-order valence-electron chi connectivity index (χ0n) is 11.4. The molecule has 0 saturated heterocycles. The zero-order valence-corrected chi connectivity index (χ0v) is 11.4. The Balaban J connectivity index is 1.64. The summed E-state index contributed by atoms with van der Waals surface area (Å²) in [5.74, 6) is 0.769. The van der Waals surface area contributed by atoms with E-state index in [2.05, 4.69) is 56.4 Å². The molecule has 0 aliphatic heterocycles. The maximum atomic E-state index is 3.68. The van der Waals surface area contributed by atoms with Gasteiger partial charge >= 0.3 is 0 Å². The van der Waals surface area contributed by atoms with Crippen LogP contribution in [0.5, 0.6) is 0 Å². The van der Waals surface area contributed by atoms with Crippen LogP contribution in [0.15, 0.2) is 30.3 Å². The Morgan fingerprint density at radius 3 is 2.53 bits per heavy atom. The lowest BCUT2D eigenvalue weighted by Crippen LogP contribution is -2.20. The van der Waals surface area contributed by atoms with Gasteiger partial charge in [-0.1, -0.05) is 51.1 Å². The average Bonchev–Trinajstić information content (AvgIpc) is 3.04. The van der Waals surface area contributed by atoms with Crippen molar-refractivity contribution >= 4 is 0 Å². The summed E-state index contributed by atoms with van der Waals surface area (Å²) in [5.41, 5.74) is 1.98. The predicted octanol–water partition coefficient (Wildman–Crippen LogP) is 3.96. The molecule has 0 amide bonds. The van der Waals surface area contributed by atoms with Crippen LogP contribution in [-0.2, 0) is 0 Å². The first-order chi connectivity index (χ1) is 8.06. The summed E-state index contributed by atoms with van der Waals surface area (Å²) in [5, 5.41) is 3.68. The normalized spacial score (nSPS) is 23.7. The smallest absolute Gasteiger partial charge is 0.0143 e. The van der Waals surface area contributed by atoms with Crippen LogP contribution in [0.3, 0.4) is 0 Å². The van der Waals surface area contributed by atoms with Crippen molar-refractivity contribution in [3.63, 3.8) is 0 Å². The Morgan fingerprint density at radius 2 is 1.88 bits per heavy atom. The van der Waals surface area contributed by atoms with Gasteiger partial charge in [-0.25, -0.2) is 0 Å². The molecule has 1 heteroatoms. The fraction of sp³-hybridized carbons (Fsp3) is 0.625. The van der Waals surface area contributed by atoms with Crippen molar-refractivity contribution in [2.24, 2.45) is 5.41 Å². The van der Waals surface area contributed by atoms with E-state index in [1.54, 1.807) is 0 Å². The molecule has 1 aliphatic carbocycles. The molecular weight excluding hydrogens is 206 g/mol. The van der Waals surface area contributed by atoms with E-state index in [4.69, 9.17) is 0 Å². The molecule has 94 valence electrons. The molecule has 0 bridgehead atoms. The molecule has 0 spiro atoms. The van der Waals surface area contributed by atoms with E-state index in [9.17, 15) is 0 Å². The molecule has 1 fully saturated rings. The maximum Gasteiger partial charge on any atom is 0.0143 e. The first kappa shape index (κ1) is 12.6. The minimum Gasteiger partial charge on any atom is -0.313 e. The van der Waals surface area contributed by atoms with E-state index >= 15 is 0 Å². The molecule has 17 heavy (non-hydrogen) atoms. The topological polar surface area (TPSA) is 12.0 Å². The number of nitrogens with one attached hydrogen (secondary N) is 1. The minimum atomic E-state index is 0.476. The van der Waals surface area contributed by atoms with Gasteiger partial charge in [-0.2, -0.15) is 0 Å². The summed E-state index contributed by atoms with van der Waals surface area (Å²) in [4.78, 5) is 0. The highest BCUT2D eigenvalue weighted by atomic mass is 15.0. The Kier molecular flexibility index (Phi) is 3.88. The number of hydrogen-bond acceptors (Lipinski definition) is 1. The number of rotatable bonds is 5. The fourth-order valence-corrected chi connectivity index (χ4v) is 2.40. The van der Waals surface area contributed by atoms with Crippen molar-refractivity contribution in [1.29, 1.82) is 0 Å². The summed E-state index contributed by atoms with van der Waals surface area (Å²) in [6, 6.07) is 11.6. The molecule has 0 heterocycles. The van der Waals surface area contributed by atoms with Crippen LogP contribution in [0.2, 0.25) is 0 Å². The van der Waals surface area contributed by atoms with E-state index in [1.165, 1.54) is 31.4 Å². The van der Waals surface area contributed by atoms with Gasteiger partial charge in [0.1, 0.15) is 0 Å². The second kappa shape index (κ2) is 5.22. The van der Waals surface area contributed by atoms with E-state index in [1.807, 2.05) is 0 Å². The quantitative estimate of drug-likeness (QED) is 0.756. The molecule has 1 N–H and O–H groups in total. The molecule has 0 radical (unpaired) electrons. The Morgan fingerprint density at radius 1 is 1.18 bits per heavy atom. The predicted molar refractivity (Wildman–Crippen MR) is 74.3 cm³/mol. The molecule has 1 aromatic rings. The molecule has 0 aromatic heterocycles. The monoisotopic (exact) mass is 231 g/mol. The van der Waals surface area contributed by atoms with Crippen LogP contribution in [-0.4, -0.2) is 12.6 Å². The summed E-state index contributed by atoms with van der Waals surface area (Å²) in [6.45, 7) is 8.12. The highest BCUT2D eigenvalue weighted by Gasteiger charge is 2.37. The largest absolute Gasteiger partial charge is 0.313 e. The van der Waals surface area contributed by atoms with Crippen molar-refractivity contribution < 1.29 is 0 Å². The molecule has 1 aromatic carbocycles. The molecule has 1 saturated carbocycles. The van der Waals surface area contributed by atoms with Crippen molar-refractivity contribution in [2.45, 2.75) is 52.0 Å². The van der Waals surface area contributed by atoms with E-state index < -0.39 is 0 Å². The highest BCUT2D eigenvalue weighted by molar-refractivity contribution is 5.27. The average molecular weight is 231 g/mol. The second-order valence-electron chi connectivity index (χ2n) is 6.48. The third kappa shape index (κ3) is 4.16. The lowest BCUT2D eigenvalue weighted by atomic mass is 9.91. The van der Waals surface area contributed by atoms with Crippen LogP contribution >= 0.6 is 0 Å². The van der Waals surface area contributed by atoms with Gasteiger partial charge in [0, 0.05) is 12.0 Å². The number of benzene rings is 1. The van der Waals surface area contributed by atoms with Gasteiger partial charge in [0.25, 0.3) is 0 Å². The summed E-state index contributed by atoms with van der Waals surface area (Å²) >= 11 is 0. The Bertz CT molecular complexity index is 336. The molecular formula is C16H25N. The van der Waals surface area contributed by atoms with Gasteiger partial charge in [-0.3, -0.25) is 0 Å². The summed E-state index contributed by atoms with van der Waals surface area (Å²) in [6.07, 6.45) is 3.92. The summed E-state index contributed by atoms with van der Waals surface area (Å²) < 4.78 is 0. The first-order valence-corrected chi connectivity index (χ1v) is 6.84. The van der Waals surface area contributed by atoms with Gasteiger partial charge in [-0.15, -0.1) is 0 Å². The maximum absolute atomic E-state index is 3.68. The first-order valence-electron chi connectivity index (χ1n) is 6.84. The van der Waals surface area contributed by atoms with E-state index in [0.29, 0.717) is 5.41 Å². The van der Waals surface area contributed by atoms with Gasteiger partial charge in [0.2, 0.25) is 0 Å². The third-order valence-corrected chi connectivity index (χ3v) is 3.53. The Labute approximate surface area is 106 Å². The molecule has 2 rings (SSSR count). The van der Waals surface area contributed by atoms with Crippen molar-refractivity contribution in [3.05, 3.63) is 35.9 Å². The fourth-order valence-electron chi connectivity index (χ4n) is 2.40. The van der Waals surface area contributed by atoms with Gasteiger partial charge in [0.15, 0.2) is 0 Å². The van der Waals surface area contributed by atoms with Crippen LogP contribution < -0.4 is 5.32 Å². The van der Waals surface area contributed by atoms with E-state index in [-0.39, 0.29) is 0 Å². The third-order valence-electron chi connectivity index (χ3n) is 3.53. The van der Waals surface area contributed by atoms with Crippen LogP contribution in [0.4, 0.5) is 0 Å². The van der Waals surface area contributed by atoms with Crippen molar-refractivity contribution in [2.75, 3.05) is 6.54 Å². The minimum absolute atomic E-state index is 0.476. The van der Waals surface area contributed by atoms with Gasteiger partial charge < -0.3 is 5.32 Å². The van der Waals surface area contributed by atoms with Gasteiger partial charge in [0.05, 0.1) is 0 Å². The molecule has 1 unspecified atom stereocenters. The summed E-state index contributed by atoms with van der Waals surface area (Å²) in [7, 11) is 0. The van der Waals surface area contributed by atoms with Crippen LogP contribution in [0.1, 0.15) is 51.5 Å². The highest BCUT2D eigenvalue weighted by Crippen LogP contribution is 2.40. The van der Waals surface area contributed by atoms with Crippen LogP contribution in [0.25, 0.3) is 0 Å².